The quantitative estimate of drug-likeness (QED) is 0.738. The lowest BCUT2D eigenvalue weighted by atomic mass is 9.96. The molecule has 0 amide bonds. The molecule has 1 aromatic carbocycles. The minimum Gasteiger partial charge on any atom is -0.486 e. The summed E-state index contributed by atoms with van der Waals surface area (Å²) in [5.41, 5.74) is 1.21. The van der Waals surface area contributed by atoms with Gasteiger partial charge in [0.15, 0.2) is 11.5 Å². The fourth-order valence-corrected chi connectivity index (χ4v) is 4.46. The highest BCUT2D eigenvalue weighted by molar-refractivity contribution is 9.11. The molecule has 0 N–H and O–H groups in total. The van der Waals surface area contributed by atoms with E-state index in [0.29, 0.717) is 6.61 Å². The van der Waals surface area contributed by atoms with Crippen LogP contribution in [0.15, 0.2) is 41.0 Å². The topological polar surface area (TPSA) is 24.9 Å². The van der Waals surface area contributed by atoms with Crippen molar-refractivity contribution in [2.45, 2.75) is 25.9 Å². The fourth-order valence-electron chi connectivity index (χ4n) is 3.98. The van der Waals surface area contributed by atoms with E-state index in [1.165, 1.54) is 22.9 Å². The number of nitrogens with zero attached hydrogens (tertiary/aromatic N) is 2. The highest BCUT2D eigenvalue weighted by Crippen LogP contribution is 2.33. The van der Waals surface area contributed by atoms with E-state index in [0.717, 1.165) is 50.1 Å². The van der Waals surface area contributed by atoms with Gasteiger partial charge in [0.25, 0.3) is 0 Å². The molecule has 1 unspecified atom stereocenters. The molecule has 3 heterocycles. The van der Waals surface area contributed by atoms with Crippen molar-refractivity contribution in [3.8, 4) is 11.5 Å². The number of benzene rings is 1. The zero-order chi connectivity index (χ0) is 17.9. The molecule has 3 aliphatic rings. The van der Waals surface area contributed by atoms with E-state index >= 15 is 0 Å². The predicted molar refractivity (Wildman–Crippen MR) is 108 cm³/mol. The number of rotatable bonds is 4. The van der Waals surface area contributed by atoms with Gasteiger partial charge in [-0.05, 0) is 78.5 Å². The van der Waals surface area contributed by atoms with Crippen LogP contribution in [0.3, 0.4) is 0 Å². The number of allylic oxidation sites excluding steroid dienone is 2. The normalized spacial score (nSPS) is 23.8. The van der Waals surface area contributed by atoms with Crippen LogP contribution in [0.4, 0.5) is 0 Å². The third kappa shape index (κ3) is 4.44. The molecule has 0 radical (unpaired) electrons. The molecule has 1 atom stereocenters. The Bertz CT molecular complexity index is 695. The van der Waals surface area contributed by atoms with Crippen LogP contribution >= 0.6 is 15.9 Å². The van der Waals surface area contributed by atoms with Crippen molar-refractivity contribution in [2.75, 3.05) is 39.3 Å². The van der Waals surface area contributed by atoms with E-state index in [9.17, 15) is 0 Å². The molecule has 0 spiro atoms. The molecule has 0 saturated carbocycles. The van der Waals surface area contributed by atoms with Crippen molar-refractivity contribution in [1.29, 1.82) is 0 Å². The first-order valence-electron chi connectivity index (χ1n) is 9.56. The number of aryl methyl sites for hydroxylation is 1. The lowest BCUT2D eigenvalue weighted by molar-refractivity contribution is 0.0461. The van der Waals surface area contributed by atoms with Gasteiger partial charge in [0.2, 0.25) is 0 Å². The second-order valence-corrected chi connectivity index (χ2v) is 8.53. The number of likely N-dealkylation sites (tertiary alicyclic amines) is 1. The van der Waals surface area contributed by atoms with Crippen molar-refractivity contribution in [1.82, 2.24) is 9.80 Å². The Morgan fingerprint density at radius 3 is 2.81 bits per heavy atom. The van der Waals surface area contributed by atoms with Crippen molar-refractivity contribution >= 4 is 15.9 Å². The molecule has 1 saturated heterocycles. The van der Waals surface area contributed by atoms with E-state index in [4.69, 9.17) is 9.47 Å². The maximum absolute atomic E-state index is 6.18. The van der Waals surface area contributed by atoms with E-state index in [1.807, 2.05) is 6.07 Å². The highest BCUT2D eigenvalue weighted by Gasteiger charge is 2.26. The van der Waals surface area contributed by atoms with Crippen LogP contribution in [0.2, 0.25) is 0 Å². The van der Waals surface area contributed by atoms with Gasteiger partial charge in [-0.25, -0.2) is 0 Å². The summed E-state index contributed by atoms with van der Waals surface area (Å²) in [4.78, 5) is 4.95. The molecule has 4 nitrogen and oxygen atoms in total. The molecule has 4 rings (SSSR count). The lowest BCUT2D eigenvalue weighted by Gasteiger charge is -2.37. The smallest absolute Gasteiger partial charge is 0.162 e. The lowest BCUT2D eigenvalue weighted by Crippen LogP contribution is -2.45. The summed E-state index contributed by atoms with van der Waals surface area (Å²) in [7, 11) is 0. The number of fused-ring (bicyclic) bond motifs is 1. The van der Waals surface area contributed by atoms with Crippen molar-refractivity contribution < 1.29 is 9.47 Å². The van der Waals surface area contributed by atoms with Gasteiger partial charge in [-0.2, -0.15) is 0 Å². The molecule has 140 valence electrons. The van der Waals surface area contributed by atoms with Crippen molar-refractivity contribution in [2.24, 2.45) is 5.92 Å². The summed E-state index contributed by atoms with van der Waals surface area (Å²) < 4.78 is 13.2. The summed E-state index contributed by atoms with van der Waals surface area (Å²) in [6, 6.07) is 6.15. The Morgan fingerprint density at radius 2 is 2.00 bits per heavy atom. The summed E-state index contributed by atoms with van der Waals surface area (Å²) in [5.74, 6) is 2.55. The zero-order valence-corrected chi connectivity index (χ0v) is 17.0. The van der Waals surface area contributed by atoms with Crippen LogP contribution < -0.4 is 9.47 Å². The molecule has 0 aromatic heterocycles. The van der Waals surface area contributed by atoms with Crippen LogP contribution in [-0.2, 0) is 0 Å². The minimum absolute atomic E-state index is 0.131. The van der Waals surface area contributed by atoms with Gasteiger partial charge in [-0.1, -0.05) is 12.1 Å². The van der Waals surface area contributed by atoms with E-state index in [1.54, 1.807) is 0 Å². The summed E-state index contributed by atoms with van der Waals surface area (Å²) >= 11 is 3.57. The first-order valence-corrected chi connectivity index (χ1v) is 10.4. The van der Waals surface area contributed by atoms with Crippen LogP contribution in [0.1, 0.15) is 18.4 Å². The monoisotopic (exact) mass is 418 g/mol. The van der Waals surface area contributed by atoms with Crippen LogP contribution in [0.25, 0.3) is 0 Å². The Labute approximate surface area is 164 Å². The Kier molecular flexibility index (Phi) is 5.55. The van der Waals surface area contributed by atoms with Gasteiger partial charge in [0.05, 0.1) is 0 Å². The first kappa shape index (κ1) is 17.9. The fraction of sp³-hybridized carbons (Fsp3) is 0.524. The minimum atomic E-state index is 0.131. The molecular formula is C21H27BrN2O2. The van der Waals surface area contributed by atoms with Gasteiger partial charge in [0, 0.05) is 30.3 Å². The molecule has 5 heteroatoms. The SMILES string of the molecule is Cc1ccc2c(c1)OC(CN1CCC(CN3C=C(Br)C=CC3)CC1)CO2. The first-order chi connectivity index (χ1) is 12.7. The predicted octanol–water partition coefficient (Wildman–Crippen LogP) is 3.95. The van der Waals surface area contributed by atoms with E-state index in [-0.39, 0.29) is 6.10 Å². The largest absolute Gasteiger partial charge is 0.486 e. The van der Waals surface area contributed by atoms with Gasteiger partial charge in [0.1, 0.15) is 12.7 Å². The average molecular weight is 419 g/mol. The Balaban J connectivity index is 1.24. The maximum Gasteiger partial charge on any atom is 0.162 e. The van der Waals surface area contributed by atoms with Crippen LogP contribution in [0, 0.1) is 12.8 Å². The van der Waals surface area contributed by atoms with E-state index < -0.39 is 0 Å². The van der Waals surface area contributed by atoms with Gasteiger partial charge < -0.3 is 14.4 Å². The number of ether oxygens (including phenoxy) is 2. The highest BCUT2D eigenvalue weighted by atomic mass is 79.9. The molecule has 26 heavy (non-hydrogen) atoms. The molecule has 0 aliphatic carbocycles. The molecule has 3 aliphatic heterocycles. The van der Waals surface area contributed by atoms with Gasteiger partial charge >= 0.3 is 0 Å². The standard InChI is InChI=1S/C21H27BrN2O2/c1-16-4-5-20-21(11-16)26-19(15-25-20)14-23-9-6-17(7-10-23)12-24-8-2-3-18(22)13-24/h2-5,11,13,17,19H,6-10,12,14-15H2,1H3. The molecule has 0 bridgehead atoms. The van der Waals surface area contributed by atoms with Crippen LogP contribution in [0.5, 0.6) is 11.5 Å². The molecule has 1 fully saturated rings. The average Bonchev–Trinajstić information content (AvgIpc) is 2.63. The number of piperidine rings is 1. The third-order valence-corrected chi connectivity index (χ3v) is 5.87. The van der Waals surface area contributed by atoms with Gasteiger partial charge in [-0.3, -0.25) is 4.90 Å². The number of hydrogen-bond donors (Lipinski definition) is 0. The summed E-state index contributed by atoms with van der Waals surface area (Å²) in [6.07, 6.45) is 9.22. The Morgan fingerprint density at radius 1 is 1.15 bits per heavy atom. The maximum atomic E-state index is 6.18. The third-order valence-electron chi connectivity index (χ3n) is 5.40. The van der Waals surface area contributed by atoms with Gasteiger partial charge in [-0.15, -0.1) is 0 Å². The second-order valence-electron chi connectivity index (χ2n) is 7.62. The van der Waals surface area contributed by atoms with Crippen molar-refractivity contribution in [3.63, 3.8) is 0 Å². The summed E-state index contributed by atoms with van der Waals surface area (Å²) in [5, 5.41) is 0. The second kappa shape index (κ2) is 8.05. The molecular weight excluding hydrogens is 392 g/mol. The zero-order valence-electron chi connectivity index (χ0n) is 15.4. The number of halogens is 1. The van der Waals surface area contributed by atoms with Crippen LogP contribution in [-0.4, -0.2) is 55.2 Å². The summed E-state index contributed by atoms with van der Waals surface area (Å²) in [6.45, 7) is 8.18. The Hall–Kier alpha value is -1.46. The number of hydrogen-bond acceptors (Lipinski definition) is 4. The van der Waals surface area contributed by atoms with E-state index in [2.05, 4.69) is 63.1 Å². The molecule has 1 aromatic rings. The van der Waals surface area contributed by atoms with Crippen molar-refractivity contribution in [3.05, 3.63) is 46.6 Å².